The standard InChI is InChI=1S/C13H15FO3/c14-13(6-8-16-9-7-13)12(15)17-10-11-4-2-1-3-5-11/h1-5H,6-10H2. The molecule has 1 aromatic rings. The van der Waals surface area contributed by atoms with Crippen molar-refractivity contribution >= 4 is 5.97 Å². The third-order valence-corrected chi connectivity index (χ3v) is 2.86. The average molecular weight is 238 g/mol. The van der Waals surface area contributed by atoms with E-state index in [0.717, 1.165) is 5.56 Å². The summed E-state index contributed by atoms with van der Waals surface area (Å²) in [6, 6.07) is 9.25. The van der Waals surface area contributed by atoms with E-state index >= 15 is 0 Å². The van der Waals surface area contributed by atoms with Crippen LogP contribution in [-0.4, -0.2) is 24.9 Å². The molecule has 0 saturated carbocycles. The SMILES string of the molecule is O=C(OCc1ccccc1)C1(F)CCOCC1. The number of esters is 1. The highest BCUT2D eigenvalue weighted by molar-refractivity contribution is 5.79. The van der Waals surface area contributed by atoms with Crippen LogP contribution in [-0.2, 0) is 20.9 Å². The summed E-state index contributed by atoms with van der Waals surface area (Å²) in [5, 5.41) is 0. The van der Waals surface area contributed by atoms with E-state index in [9.17, 15) is 9.18 Å². The van der Waals surface area contributed by atoms with Crippen LogP contribution in [0.3, 0.4) is 0 Å². The summed E-state index contributed by atoms with van der Waals surface area (Å²) in [7, 11) is 0. The minimum absolute atomic E-state index is 0.0840. The van der Waals surface area contributed by atoms with Crippen LogP contribution in [0.5, 0.6) is 0 Å². The van der Waals surface area contributed by atoms with Gasteiger partial charge in [-0.25, -0.2) is 9.18 Å². The van der Waals surface area contributed by atoms with Crippen LogP contribution in [0.2, 0.25) is 0 Å². The zero-order valence-electron chi connectivity index (χ0n) is 9.52. The minimum atomic E-state index is -1.87. The molecule has 0 amide bonds. The van der Waals surface area contributed by atoms with Crippen molar-refractivity contribution in [1.82, 2.24) is 0 Å². The van der Waals surface area contributed by atoms with Gasteiger partial charge in [0, 0.05) is 12.8 Å². The average Bonchev–Trinajstić information content (AvgIpc) is 2.38. The molecule has 0 N–H and O–H groups in total. The van der Waals surface area contributed by atoms with Crippen molar-refractivity contribution in [2.24, 2.45) is 0 Å². The van der Waals surface area contributed by atoms with Gasteiger partial charge in [-0.05, 0) is 5.56 Å². The molecule has 0 atom stereocenters. The van der Waals surface area contributed by atoms with Gasteiger partial charge >= 0.3 is 5.97 Å². The van der Waals surface area contributed by atoms with Crippen molar-refractivity contribution in [1.29, 1.82) is 0 Å². The highest BCUT2D eigenvalue weighted by Crippen LogP contribution is 2.27. The first-order valence-corrected chi connectivity index (χ1v) is 5.68. The Kier molecular flexibility index (Phi) is 3.74. The number of hydrogen-bond donors (Lipinski definition) is 0. The Morgan fingerprint density at radius 3 is 2.59 bits per heavy atom. The number of halogens is 1. The number of benzene rings is 1. The number of rotatable bonds is 3. The monoisotopic (exact) mass is 238 g/mol. The zero-order chi connectivity index (χ0) is 12.1. The number of ether oxygens (including phenoxy) is 2. The molecule has 0 radical (unpaired) electrons. The summed E-state index contributed by atoms with van der Waals surface area (Å²) < 4.78 is 24.1. The van der Waals surface area contributed by atoms with Gasteiger partial charge in [0.2, 0.25) is 5.67 Å². The van der Waals surface area contributed by atoms with Crippen LogP contribution in [0.1, 0.15) is 18.4 Å². The molecule has 1 heterocycles. The first-order chi connectivity index (χ1) is 8.21. The third-order valence-electron chi connectivity index (χ3n) is 2.86. The molecule has 1 aliphatic heterocycles. The van der Waals surface area contributed by atoms with Crippen LogP contribution in [0.15, 0.2) is 30.3 Å². The lowest BCUT2D eigenvalue weighted by atomic mass is 9.97. The molecule has 0 spiro atoms. The zero-order valence-corrected chi connectivity index (χ0v) is 9.52. The number of carbonyl (C=O) groups excluding carboxylic acids is 1. The maximum absolute atomic E-state index is 14.1. The quantitative estimate of drug-likeness (QED) is 0.758. The molecule has 1 saturated heterocycles. The number of carbonyl (C=O) groups is 1. The van der Waals surface area contributed by atoms with E-state index in [-0.39, 0.29) is 32.7 Å². The number of hydrogen-bond acceptors (Lipinski definition) is 3. The Labute approximate surface area is 99.5 Å². The van der Waals surface area contributed by atoms with Crippen LogP contribution < -0.4 is 0 Å². The summed E-state index contributed by atoms with van der Waals surface area (Å²) in [5.41, 5.74) is -1.01. The third kappa shape index (κ3) is 3.03. The van der Waals surface area contributed by atoms with Gasteiger partial charge in [0.1, 0.15) is 6.61 Å². The second kappa shape index (κ2) is 5.27. The van der Waals surface area contributed by atoms with Gasteiger partial charge in [0.15, 0.2) is 0 Å². The summed E-state index contributed by atoms with van der Waals surface area (Å²) >= 11 is 0. The van der Waals surface area contributed by atoms with E-state index in [0.29, 0.717) is 0 Å². The molecule has 0 unspecified atom stereocenters. The molecule has 1 aliphatic rings. The van der Waals surface area contributed by atoms with Gasteiger partial charge in [-0.2, -0.15) is 0 Å². The molecule has 92 valence electrons. The molecule has 0 aromatic heterocycles. The first-order valence-electron chi connectivity index (χ1n) is 5.68. The largest absolute Gasteiger partial charge is 0.458 e. The fourth-order valence-corrected chi connectivity index (χ4v) is 1.75. The highest BCUT2D eigenvalue weighted by Gasteiger charge is 2.41. The van der Waals surface area contributed by atoms with Crippen molar-refractivity contribution in [3.05, 3.63) is 35.9 Å². The minimum Gasteiger partial charge on any atom is -0.458 e. The molecular formula is C13H15FO3. The Bertz CT molecular complexity index is 372. The van der Waals surface area contributed by atoms with Gasteiger partial charge in [-0.3, -0.25) is 0 Å². The van der Waals surface area contributed by atoms with Crippen LogP contribution in [0.4, 0.5) is 4.39 Å². The van der Waals surface area contributed by atoms with Crippen molar-refractivity contribution in [3.8, 4) is 0 Å². The lowest BCUT2D eigenvalue weighted by Gasteiger charge is -2.27. The van der Waals surface area contributed by atoms with E-state index in [1.165, 1.54) is 0 Å². The van der Waals surface area contributed by atoms with Gasteiger partial charge < -0.3 is 9.47 Å². The Morgan fingerprint density at radius 2 is 1.94 bits per heavy atom. The normalized spacial score (nSPS) is 18.6. The van der Waals surface area contributed by atoms with Crippen LogP contribution in [0.25, 0.3) is 0 Å². The van der Waals surface area contributed by atoms with Crippen molar-refractivity contribution in [2.45, 2.75) is 25.1 Å². The summed E-state index contributed by atoms with van der Waals surface area (Å²) in [5.74, 6) is -0.773. The lowest BCUT2D eigenvalue weighted by molar-refractivity contribution is -0.165. The summed E-state index contributed by atoms with van der Waals surface area (Å²) in [6.45, 7) is 0.667. The maximum atomic E-state index is 14.1. The second-order valence-electron chi connectivity index (χ2n) is 4.14. The predicted octanol–water partition coefficient (Wildman–Crippen LogP) is 2.25. The molecular weight excluding hydrogens is 223 g/mol. The van der Waals surface area contributed by atoms with E-state index in [1.807, 2.05) is 30.3 Å². The second-order valence-corrected chi connectivity index (χ2v) is 4.14. The van der Waals surface area contributed by atoms with E-state index in [1.54, 1.807) is 0 Å². The molecule has 1 fully saturated rings. The topological polar surface area (TPSA) is 35.5 Å². The molecule has 0 bridgehead atoms. The summed E-state index contributed by atoms with van der Waals surface area (Å²) in [4.78, 5) is 11.6. The van der Waals surface area contributed by atoms with Crippen molar-refractivity contribution < 1.29 is 18.7 Å². The Balaban J connectivity index is 1.88. The Hall–Kier alpha value is -1.42. The van der Waals surface area contributed by atoms with Crippen LogP contribution in [0, 0.1) is 0 Å². The predicted molar refractivity (Wildman–Crippen MR) is 60.1 cm³/mol. The molecule has 1 aromatic carbocycles. The molecule has 3 nitrogen and oxygen atoms in total. The maximum Gasteiger partial charge on any atom is 0.344 e. The lowest BCUT2D eigenvalue weighted by Crippen LogP contribution is -2.40. The van der Waals surface area contributed by atoms with Crippen LogP contribution >= 0.6 is 0 Å². The Morgan fingerprint density at radius 1 is 1.29 bits per heavy atom. The smallest absolute Gasteiger partial charge is 0.344 e. The fourth-order valence-electron chi connectivity index (χ4n) is 1.75. The van der Waals surface area contributed by atoms with Gasteiger partial charge in [0.25, 0.3) is 0 Å². The molecule has 0 aliphatic carbocycles. The van der Waals surface area contributed by atoms with E-state index in [4.69, 9.17) is 9.47 Å². The fraction of sp³-hybridized carbons (Fsp3) is 0.462. The molecule has 4 heteroatoms. The first kappa shape index (κ1) is 12.0. The molecule has 2 rings (SSSR count). The van der Waals surface area contributed by atoms with E-state index in [2.05, 4.69) is 0 Å². The van der Waals surface area contributed by atoms with Gasteiger partial charge in [0.05, 0.1) is 13.2 Å². The highest BCUT2D eigenvalue weighted by atomic mass is 19.1. The van der Waals surface area contributed by atoms with E-state index < -0.39 is 11.6 Å². The molecule has 17 heavy (non-hydrogen) atoms. The van der Waals surface area contributed by atoms with Crippen molar-refractivity contribution in [2.75, 3.05) is 13.2 Å². The van der Waals surface area contributed by atoms with Crippen molar-refractivity contribution in [3.63, 3.8) is 0 Å². The summed E-state index contributed by atoms with van der Waals surface area (Å²) in [6.07, 6.45) is 0.168. The van der Waals surface area contributed by atoms with Gasteiger partial charge in [-0.1, -0.05) is 30.3 Å². The number of alkyl halides is 1. The van der Waals surface area contributed by atoms with Gasteiger partial charge in [-0.15, -0.1) is 0 Å².